The van der Waals surface area contributed by atoms with Crippen LogP contribution in [0.3, 0.4) is 0 Å². The van der Waals surface area contributed by atoms with Crippen LogP contribution >= 0.6 is 0 Å². The van der Waals surface area contributed by atoms with Crippen LogP contribution in [0.4, 0.5) is 17.6 Å². The normalized spacial score (nSPS) is 14.2. The van der Waals surface area contributed by atoms with Gasteiger partial charge in [0.05, 0.1) is 30.9 Å². The van der Waals surface area contributed by atoms with Gasteiger partial charge >= 0.3 is 18.2 Å². The van der Waals surface area contributed by atoms with E-state index in [9.17, 15) is 22.4 Å². The lowest BCUT2D eigenvalue weighted by Crippen LogP contribution is -2.48. The summed E-state index contributed by atoms with van der Waals surface area (Å²) in [6.07, 6.45) is -0.189. The minimum absolute atomic E-state index is 0.00788. The molecule has 3 heterocycles. The maximum absolute atomic E-state index is 14.8. The first-order valence-electron chi connectivity index (χ1n) is 14.2. The van der Waals surface area contributed by atoms with Gasteiger partial charge in [0, 0.05) is 11.6 Å². The van der Waals surface area contributed by atoms with Crippen LogP contribution in [-0.4, -0.2) is 57.7 Å². The standard InChI is InChI=1S/C31H27F4N5O5/c1-17-3-2-4-21(27(17)32)29-37-24-15-36-40(16-25(24)38-29)28(30(42)44-12-11-43-10-9-41)26-14-23(39-45-26)20-8-7-19(18-5-6-18)13-22(20)31(33,34)35/h2-4,7-8,13-16,18,28,41H,5-6,9-12H2,1H3/p+1. The molecular formula is C31H28F4N5O5+. The molecule has 3 aromatic heterocycles. The molecule has 0 aliphatic heterocycles. The third-order valence-corrected chi connectivity index (χ3v) is 7.45. The fraction of sp³-hybridized carbons (Fsp3) is 0.323. The van der Waals surface area contributed by atoms with E-state index in [0.717, 1.165) is 18.9 Å². The van der Waals surface area contributed by atoms with Crippen LogP contribution in [0.15, 0.2) is 59.4 Å². The Hall–Kier alpha value is -4.69. The van der Waals surface area contributed by atoms with Crippen LogP contribution < -0.4 is 4.68 Å². The Labute approximate surface area is 253 Å². The number of carbonyl (C=O) groups excluding carboxylic acids is 1. The highest BCUT2D eigenvalue weighted by atomic mass is 19.4. The molecular weight excluding hydrogens is 598 g/mol. The number of aryl methyl sites for hydroxylation is 1. The van der Waals surface area contributed by atoms with E-state index in [1.807, 2.05) is 0 Å². The number of H-pyrrole nitrogens is 1. The molecule has 5 aromatic rings. The van der Waals surface area contributed by atoms with Crippen molar-refractivity contribution in [1.29, 1.82) is 0 Å². The monoisotopic (exact) mass is 626 g/mol. The molecule has 0 radical (unpaired) electrons. The topological polar surface area (TPSA) is 127 Å². The van der Waals surface area contributed by atoms with E-state index in [0.29, 0.717) is 22.2 Å². The number of aromatic nitrogens is 5. The van der Waals surface area contributed by atoms with Crippen LogP contribution in [0.25, 0.3) is 33.7 Å². The van der Waals surface area contributed by atoms with Crippen molar-refractivity contribution >= 4 is 17.0 Å². The van der Waals surface area contributed by atoms with Crippen molar-refractivity contribution in [2.24, 2.45) is 0 Å². The number of nitrogens with one attached hydrogen (secondary N) is 1. The number of alkyl halides is 3. The Morgan fingerprint density at radius 1 is 1.16 bits per heavy atom. The van der Waals surface area contributed by atoms with Gasteiger partial charge in [-0.15, -0.1) is 0 Å². The van der Waals surface area contributed by atoms with Crippen LogP contribution in [0.1, 0.15) is 47.3 Å². The second kappa shape index (κ2) is 12.4. The molecule has 234 valence electrons. The van der Waals surface area contributed by atoms with E-state index in [-0.39, 0.29) is 60.8 Å². The van der Waals surface area contributed by atoms with Gasteiger partial charge in [0.2, 0.25) is 12.0 Å². The van der Waals surface area contributed by atoms with E-state index >= 15 is 0 Å². The SMILES string of the molecule is Cc1cccc(-c2nc3cn[n+](C(C(=O)OCCOCCO)c4cc(-c5ccc(C6CC6)cc5C(F)(F)F)no4)cc3[nH]2)c1F. The van der Waals surface area contributed by atoms with Crippen molar-refractivity contribution in [3.63, 3.8) is 0 Å². The molecule has 0 spiro atoms. The molecule has 1 unspecified atom stereocenters. The fourth-order valence-electron chi connectivity index (χ4n) is 5.02. The summed E-state index contributed by atoms with van der Waals surface area (Å²) in [7, 11) is 0. The average molecular weight is 627 g/mol. The van der Waals surface area contributed by atoms with Crippen LogP contribution in [0, 0.1) is 12.7 Å². The second-order valence-electron chi connectivity index (χ2n) is 10.7. The summed E-state index contributed by atoms with van der Waals surface area (Å²) in [4.78, 5) is 20.8. The number of rotatable bonds is 11. The summed E-state index contributed by atoms with van der Waals surface area (Å²) in [5.41, 5.74) is 0.871. The Bertz CT molecular complexity index is 1850. The second-order valence-corrected chi connectivity index (χ2v) is 10.7. The number of imidazole rings is 1. The number of esters is 1. The van der Waals surface area contributed by atoms with Crippen molar-refractivity contribution in [2.45, 2.75) is 37.9 Å². The molecule has 1 fully saturated rings. The predicted molar refractivity (Wildman–Crippen MR) is 150 cm³/mol. The summed E-state index contributed by atoms with van der Waals surface area (Å²) in [5, 5.41) is 17.1. The highest BCUT2D eigenvalue weighted by molar-refractivity contribution is 5.78. The number of carbonyl (C=O) groups is 1. The summed E-state index contributed by atoms with van der Waals surface area (Å²) in [5.74, 6) is -1.09. The van der Waals surface area contributed by atoms with Gasteiger partial charge in [-0.05, 0) is 54.0 Å². The van der Waals surface area contributed by atoms with Gasteiger partial charge in [-0.25, -0.2) is 14.2 Å². The smallest absolute Gasteiger partial charge is 0.417 e. The van der Waals surface area contributed by atoms with E-state index in [2.05, 4.69) is 20.2 Å². The van der Waals surface area contributed by atoms with E-state index < -0.39 is 29.6 Å². The maximum atomic E-state index is 14.8. The molecule has 1 atom stereocenters. The molecule has 45 heavy (non-hydrogen) atoms. The number of aliphatic hydroxyl groups is 1. The third-order valence-electron chi connectivity index (χ3n) is 7.45. The number of nitrogens with zero attached hydrogens (tertiary/aromatic N) is 4. The lowest BCUT2D eigenvalue weighted by atomic mass is 9.98. The molecule has 10 nitrogen and oxygen atoms in total. The van der Waals surface area contributed by atoms with Gasteiger partial charge in [0.15, 0.2) is 0 Å². The summed E-state index contributed by atoms with van der Waals surface area (Å²) >= 11 is 0. The van der Waals surface area contributed by atoms with Gasteiger partial charge in [0.25, 0.3) is 0 Å². The predicted octanol–water partition coefficient (Wildman–Crippen LogP) is 5.05. The van der Waals surface area contributed by atoms with Crippen molar-refractivity contribution < 1.29 is 46.1 Å². The quantitative estimate of drug-likeness (QED) is 0.0903. The number of hydrogen-bond donors (Lipinski definition) is 2. The van der Waals surface area contributed by atoms with Crippen LogP contribution in [0.2, 0.25) is 0 Å². The maximum Gasteiger partial charge on any atom is 0.417 e. The number of hydrogen-bond acceptors (Lipinski definition) is 8. The molecule has 0 bridgehead atoms. The molecule has 0 amide bonds. The van der Waals surface area contributed by atoms with Gasteiger partial charge < -0.3 is 24.1 Å². The van der Waals surface area contributed by atoms with E-state index in [1.165, 1.54) is 29.2 Å². The first kappa shape index (κ1) is 30.3. The number of aromatic amines is 1. The largest absolute Gasteiger partial charge is 0.458 e. The zero-order chi connectivity index (χ0) is 31.7. The molecule has 14 heteroatoms. The first-order chi connectivity index (χ1) is 21.6. The lowest BCUT2D eigenvalue weighted by Gasteiger charge is -2.13. The van der Waals surface area contributed by atoms with Crippen molar-refractivity contribution in [3.8, 4) is 22.6 Å². The lowest BCUT2D eigenvalue weighted by molar-refractivity contribution is -0.758. The van der Waals surface area contributed by atoms with Gasteiger partial charge in [0.1, 0.15) is 41.2 Å². The molecule has 6 rings (SSSR count). The Balaban J connectivity index is 1.37. The minimum atomic E-state index is -4.65. The van der Waals surface area contributed by atoms with E-state index in [4.69, 9.17) is 19.1 Å². The molecule has 2 N–H and O–H groups in total. The zero-order valence-electron chi connectivity index (χ0n) is 24.0. The van der Waals surface area contributed by atoms with Crippen LogP contribution in [0.5, 0.6) is 0 Å². The number of aliphatic hydroxyl groups excluding tert-OH is 1. The Morgan fingerprint density at radius 3 is 2.73 bits per heavy atom. The minimum Gasteiger partial charge on any atom is -0.458 e. The van der Waals surface area contributed by atoms with Crippen molar-refractivity contribution in [3.05, 3.63) is 83.1 Å². The number of fused-ring (bicyclic) bond motifs is 1. The highest BCUT2D eigenvalue weighted by Gasteiger charge is 2.40. The molecule has 1 saturated carbocycles. The Kier molecular flexibility index (Phi) is 8.34. The van der Waals surface area contributed by atoms with E-state index in [1.54, 1.807) is 31.2 Å². The summed E-state index contributed by atoms with van der Waals surface area (Å²) in [6, 6.07) is 8.88. The molecule has 0 saturated heterocycles. The summed E-state index contributed by atoms with van der Waals surface area (Å²) in [6.45, 7) is 1.28. The fourth-order valence-corrected chi connectivity index (χ4v) is 5.02. The third kappa shape index (κ3) is 6.42. The number of ether oxygens (including phenoxy) is 2. The molecule has 1 aliphatic carbocycles. The van der Waals surface area contributed by atoms with Crippen molar-refractivity contribution in [1.82, 2.24) is 20.2 Å². The van der Waals surface area contributed by atoms with Crippen molar-refractivity contribution in [2.75, 3.05) is 26.4 Å². The van der Waals surface area contributed by atoms with Gasteiger partial charge in [-0.3, -0.25) is 0 Å². The highest BCUT2D eigenvalue weighted by Crippen LogP contribution is 2.44. The zero-order valence-corrected chi connectivity index (χ0v) is 24.0. The first-order valence-corrected chi connectivity index (χ1v) is 14.2. The van der Waals surface area contributed by atoms with Gasteiger partial charge in [-0.1, -0.05) is 34.1 Å². The number of benzene rings is 2. The molecule has 1 aliphatic rings. The van der Waals surface area contributed by atoms with Gasteiger partial charge in [-0.2, -0.15) is 13.2 Å². The Morgan fingerprint density at radius 2 is 1.98 bits per heavy atom. The van der Waals surface area contributed by atoms with Crippen LogP contribution in [-0.2, 0) is 20.4 Å². The summed E-state index contributed by atoms with van der Waals surface area (Å²) < 4.78 is 74.3. The number of halogens is 4. The molecule has 2 aromatic carbocycles. The average Bonchev–Trinajstić information content (AvgIpc) is 3.61.